The first kappa shape index (κ1) is 18.6. The highest BCUT2D eigenvalue weighted by Gasteiger charge is 2.22. The molecule has 1 aliphatic heterocycles. The van der Waals surface area contributed by atoms with Gasteiger partial charge >= 0.3 is 0 Å². The predicted molar refractivity (Wildman–Crippen MR) is 104 cm³/mol. The molecule has 3 rings (SSSR count). The van der Waals surface area contributed by atoms with Crippen LogP contribution in [0.25, 0.3) is 5.69 Å². The van der Waals surface area contributed by atoms with Crippen LogP contribution in [0.15, 0.2) is 30.3 Å². The van der Waals surface area contributed by atoms with Crippen molar-refractivity contribution in [3.05, 3.63) is 47.3 Å². The Morgan fingerprint density at radius 2 is 2.12 bits per heavy atom. The van der Waals surface area contributed by atoms with E-state index >= 15 is 0 Å². The van der Waals surface area contributed by atoms with Gasteiger partial charge in [-0.2, -0.15) is 5.10 Å². The molecule has 0 bridgehead atoms. The summed E-state index contributed by atoms with van der Waals surface area (Å²) in [5, 5.41) is 11.2. The summed E-state index contributed by atoms with van der Waals surface area (Å²) in [4.78, 5) is 12.4. The number of rotatable bonds is 6. The van der Waals surface area contributed by atoms with Crippen LogP contribution in [-0.2, 0) is 11.3 Å². The van der Waals surface area contributed by atoms with Crippen molar-refractivity contribution in [2.75, 3.05) is 13.1 Å². The molecule has 1 saturated heterocycles. The molecule has 2 unspecified atom stereocenters. The minimum atomic E-state index is 0.134. The number of para-hydroxylation sites is 1. The molecule has 0 saturated carbocycles. The molecular formula is C21H30N4O. The number of nitrogens with zero attached hydrogens (tertiary/aromatic N) is 2. The van der Waals surface area contributed by atoms with Crippen molar-refractivity contribution in [1.82, 2.24) is 20.4 Å². The first-order valence-corrected chi connectivity index (χ1v) is 9.64. The van der Waals surface area contributed by atoms with Crippen LogP contribution < -0.4 is 10.6 Å². The molecule has 0 aliphatic carbocycles. The van der Waals surface area contributed by atoms with E-state index in [0.29, 0.717) is 24.8 Å². The minimum absolute atomic E-state index is 0.134. The second-order valence-electron chi connectivity index (χ2n) is 7.46. The van der Waals surface area contributed by atoms with Gasteiger partial charge in [0.05, 0.1) is 11.4 Å². The Hall–Kier alpha value is -2.14. The van der Waals surface area contributed by atoms with Crippen LogP contribution in [0.5, 0.6) is 0 Å². The lowest BCUT2D eigenvalue weighted by molar-refractivity contribution is -0.122. The fraction of sp³-hybridized carbons (Fsp3) is 0.524. The van der Waals surface area contributed by atoms with E-state index < -0.39 is 0 Å². The molecule has 0 spiro atoms. The van der Waals surface area contributed by atoms with Crippen molar-refractivity contribution >= 4 is 5.91 Å². The lowest BCUT2D eigenvalue weighted by Crippen LogP contribution is -2.35. The summed E-state index contributed by atoms with van der Waals surface area (Å²) in [5.74, 6) is 1.16. The molecule has 1 aromatic carbocycles. The molecule has 5 heteroatoms. The van der Waals surface area contributed by atoms with E-state index in [1.807, 2.05) is 41.9 Å². The molecule has 1 amide bonds. The van der Waals surface area contributed by atoms with Crippen LogP contribution in [-0.4, -0.2) is 28.8 Å². The topological polar surface area (TPSA) is 59.0 Å². The Morgan fingerprint density at radius 3 is 2.81 bits per heavy atom. The van der Waals surface area contributed by atoms with Crippen LogP contribution >= 0.6 is 0 Å². The molecule has 26 heavy (non-hydrogen) atoms. The van der Waals surface area contributed by atoms with Gasteiger partial charge in [0.1, 0.15) is 0 Å². The highest BCUT2D eigenvalue weighted by Crippen LogP contribution is 2.23. The van der Waals surface area contributed by atoms with Crippen molar-refractivity contribution in [2.24, 2.45) is 11.8 Å². The summed E-state index contributed by atoms with van der Waals surface area (Å²) in [5.41, 5.74) is 4.20. The first-order chi connectivity index (χ1) is 12.6. The number of nitrogens with one attached hydrogen (secondary N) is 2. The average Bonchev–Trinajstić information content (AvgIpc) is 2.95. The lowest BCUT2D eigenvalue weighted by atomic mass is 9.85. The number of amides is 1. The third-order valence-electron chi connectivity index (χ3n) is 5.55. The van der Waals surface area contributed by atoms with Gasteiger partial charge in [-0.3, -0.25) is 4.79 Å². The van der Waals surface area contributed by atoms with Crippen LogP contribution in [0.1, 0.15) is 43.1 Å². The van der Waals surface area contributed by atoms with Crippen LogP contribution in [0.3, 0.4) is 0 Å². The number of aryl methyl sites for hydroxylation is 1. The van der Waals surface area contributed by atoms with Crippen LogP contribution in [0, 0.1) is 25.7 Å². The molecule has 1 aliphatic rings. The quantitative estimate of drug-likeness (QED) is 0.838. The van der Waals surface area contributed by atoms with Crippen molar-refractivity contribution < 1.29 is 4.79 Å². The summed E-state index contributed by atoms with van der Waals surface area (Å²) >= 11 is 0. The standard InChI is InChI=1S/C21H30N4O/c1-15(18-8-7-11-22-13-18)12-21(26)23-14-20-16(2)24-25(17(20)3)19-9-5-4-6-10-19/h4-6,9-10,15,18,22H,7-8,11-14H2,1-3H3,(H,23,26). The van der Waals surface area contributed by atoms with E-state index in [-0.39, 0.29) is 5.91 Å². The number of hydrogen-bond donors (Lipinski definition) is 2. The second kappa shape index (κ2) is 8.49. The number of carbonyl (C=O) groups is 1. The number of aromatic nitrogens is 2. The zero-order valence-corrected chi connectivity index (χ0v) is 16.1. The normalized spacial score (nSPS) is 18.5. The molecule has 2 aromatic rings. The maximum Gasteiger partial charge on any atom is 0.220 e. The van der Waals surface area contributed by atoms with Crippen molar-refractivity contribution in [2.45, 2.75) is 46.6 Å². The Balaban J connectivity index is 1.59. The van der Waals surface area contributed by atoms with E-state index in [4.69, 9.17) is 0 Å². The summed E-state index contributed by atoms with van der Waals surface area (Å²) in [6.45, 7) is 8.95. The minimum Gasteiger partial charge on any atom is -0.352 e. The van der Waals surface area contributed by atoms with Crippen molar-refractivity contribution in [1.29, 1.82) is 0 Å². The second-order valence-corrected chi connectivity index (χ2v) is 7.46. The van der Waals surface area contributed by atoms with Gasteiger partial charge < -0.3 is 10.6 Å². The zero-order valence-electron chi connectivity index (χ0n) is 16.1. The molecule has 140 valence electrons. The van der Waals surface area contributed by atoms with E-state index in [9.17, 15) is 4.79 Å². The van der Waals surface area contributed by atoms with Gasteiger partial charge in [-0.1, -0.05) is 25.1 Å². The number of carbonyl (C=O) groups excluding carboxylic acids is 1. The molecule has 1 aromatic heterocycles. The summed E-state index contributed by atoms with van der Waals surface area (Å²) in [6.07, 6.45) is 3.04. The van der Waals surface area contributed by atoms with Gasteiger partial charge in [0.25, 0.3) is 0 Å². The highest BCUT2D eigenvalue weighted by molar-refractivity contribution is 5.76. The molecule has 2 N–H and O–H groups in total. The maximum atomic E-state index is 12.4. The molecule has 2 heterocycles. The molecular weight excluding hydrogens is 324 g/mol. The van der Waals surface area contributed by atoms with E-state index in [1.165, 1.54) is 12.8 Å². The van der Waals surface area contributed by atoms with E-state index in [0.717, 1.165) is 35.7 Å². The van der Waals surface area contributed by atoms with Gasteiger partial charge in [0.2, 0.25) is 5.91 Å². The van der Waals surface area contributed by atoms with Crippen LogP contribution in [0.4, 0.5) is 0 Å². The Morgan fingerprint density at radius 1 is 1.35 bits per heavy atom. The molecule has 5 nitrogen and oxygen atoms in total. The lowest BCUT2D eigenvalue weighted by Gasteiger charge is -2.28. The third-order valence-corrected chi connectivity index (χ3v) is 5.55. The summed E-state index contributed by atoms with van der Waals surface area (Å²) in [6, 6.07) is 10.1. The monoisotopic (exact) mass is 354 g/mol. The van der Waals surface area contributed by atoms with Gasteiger partial charge in [0, 0.05) is 24.2 Å². The third kappa shape index (κ3) is 4.33. The number of piperidine rings is 1. The zero-order chi connectivity index (χ0) is 18.5. The fourth-order valence-corrected chi connectivity index (χ4v) is 3.83. The fourth-order valence-electron chi connectivity index (χ4n) is 3.83. The summed E-state index contributed by atoms with van der Waals surface area (Å²) < 4.78 is 1.95. The Labute approximate surface area is 156 Å². The van der Waals surface area contributed by atoms with Gasteiger partial charge in [0.15, 0.2) is 0 Å². The van der Waals surface area contributed by atoms with Crippen molar-refractivity contribution in [3.63, 3.8) is 0 Å². The number of hydrogen-bond acceptors (Lipinski definition) is 3. The van der Waals surface area contributed by atoms with Crippen LogP contribution in [0.2, 0.25) is 0 Å². The predicted octanol–water partition coefficient (Wildman–Crippen LogP) is 3.13. The molecule has 1 fully saturated rings. The van der Waals surface area contributed by atoms with Gasteiger partial charge in [-0.05, 0) is 63.7 Å². The number of benzene rings is 1. The van der Waals surface area contributed by atoms with Gasteiger partial charge in [-0.15, -0.1) is 0 Å². The van der Waals surface area contributed by atoms with E-state index in [1.54, 1.807) is 0 Å². The van der Waals surface area contributed by atoms with Crippen molar-refractivity contribution in [3.8, 4) is 5.69 Å². The van der Waals surface area contributed by atoms with E-state index in [2.05, 4.69) is 29.6 Å². The van der Waals surface area contributed by atoms with Gasteiger partial charge in [-0.25, -0.2) is 4.68 Å². The SMILES string of the molecule is Cc1nn(-c2ccccc2)c(C)c1CNC(=O)CC(C)C1CCCNC1. The highest BCUT2D eigenvalue weighted by atomic mass is 16.1. The first-order valence-electron chi connectivity index (χ1n) is 9.64. The Bertz CT molecular complexity index is 732. The molecule has 0 radical (unpaired) electrons. The largest absolute Gasteiger partial charge is 0.352 e. The average molecular weight is 354 g/mol. The maximum absolute atomic E-state index is 12.4. The Kier molecular flexibility index (Phi) is 6.09. The molecule has 2 atom stereocenters. The summed E-state index contributed by atoms with van der Waals surface area (Å²) in [7, 11) is 0. The smallest absolute Gasteiger partial charge is 0.220 e.